The number of benzene rings is 1. The highest BCUT2D eigenvalue weighted by molar-refractivity contribution is 7.17. The molecule has 174 valence electrons. The van der Waals surface area contributed by atoms with Gasteiger partial charge in [-0.25, -0.2) is 0 Å². The molecule has 1 aromatic carbocycles. The first kappa shape index (κ1) is 22.9. The van der Waals surface area contributed by atoms with Crippen molar-refractivity contribution in [3.05, 3.63) is 63.0 Å². The van der Waals surface area contributed by atoms with Crippen LogP contribution >= 0.6 is 11.3 Å². The lowest BCUT2D eigenvalue weighted by Gasteiger charge is -2.39. The number of nitro groups is 1. The van der Waals surface area contributed by atoms with Gasteiger partial charge in [-0.3, -0.25) is 24.5 Å². The van der Waals surface area contributed by atoms with Crippen LogP contribution in [0.2, 0.25) is 0 Å². The van der Waals surface area contributed by atoms with Crippen LogP contribution in [0.4, 0.5) is 5.00 Å². The Balaban J connectivity index is 1.29. The SMILES string of the molecule is O=C(Cc1ccccc1)N1CCCC(C(=O)N2CCN(C(=O)c3ccc([N+](=O)[O-])s3)CC2)C1. The fraction of sp³-hybridized carbons (Fsp3) is 0.435. The molecule has 0 radical (unpaired) electrons. The number of piperidine rings is 1. The third-order valence-electron chi connectivity index (χ3n) is 6.18. The summed E-state index contributed by atoms with van der Waals surface area (Å²) in [6, 6.07) is 12.4. The summed E-state index contributed by atoms with van der Waals surface area (Å²) in [6.07, 6.45) is 1.89. The molecule has 9 nitrogen and oxygen atoms in total. The molecule has 3 amide bonds. The largest absolute Gasteiger partial charge is 0.342 e. The molecule has 1 aromatic heterocycles. The number of hydrogen-bond acceptors (Lipinski definition) is 6. The standard InChI is InChI=1S/C23H26N4O5S/c28-20(15-17-5-2-1-3-6-17)26-10-4-7-18(16-26)22(29)24-11-13-25(14-12-24)23(30)19-8-9-21(33-19)27(31)32/h1-3,5-6,8-9,18H,4,7,10-16H2. The van der Waals surface area contributed by atoms with Crippen LogP contribution in [-0.2, 0) is 16.0 Å². The minimum absolute atomic E-state index is 0.0334. The first-order valence-electron chi connectivity index (χ1n) is 11.1. The summed E-state index contributed by atoms with van der Waals surface area (Å²) in [5, 5.41) is 10.8. The predicted molar refractivity (Wildman–Crippen MR) is 123 cm³/mol. The van der Waals surface area contributed by atoms with Crippen LogP contribution in [0.1, 0.15) is 28.1 Å². The Bertz CT molecular complexity index is 1030. The van der Waals surface area contributed by atoms with Crippen molar-refractivity contribution in [2.75, 3.05) is 39.3 Å². The van der Waals surface area contributed by atoms with Gasteiger partial charge in [-0.1, -0.05) is 41.7 Å². The van der Waals surface area contributed by atoms with Crippen LogP contribution in [-0.4, -0.2) is 76.6 Å². The van der Waals surface area contributed by atoms with Gasteiger partial charge in [-0.05, 0) is 24.5 Å². The van der Waals surface area contributed by atoms with Gasteiger partial charge in [0.05, 0.1) is 22.1 Å². The minimum Gasteiger partial charge on any atom is -0.342 e. The van der Waals surface area contributed by atoms with Crippen molar-refractivity contribution in [2.24, 2.45) is 5.92 Å². The number of amides is 3. The third-order valence-corrected chi connectivity index (χ3v) is 7.21. The van der Waals surface area contributed by atoms with Gasteiger partial charge in [0.2, 0.25) is 11.8 Å². The molecule has 10 heteroatoms. The maximum atomic E-state index is 13.1. The van der Waals surface area contributed by atoms with Gasteiger partial charge in [0, 0.05) is 45.3 Å². The van der Waals surface area contributed by atoms with E-state index in [0.29, 0.717) is 50.6 Å². The van der Waals surface area contributed by atoms with E-state index in [1.54, 1.807) is 14.7 Å². The van der Waals surface area contributed by atoms with Crippen molar-refractivity contribution in [3.8, 4) is 0 Å². The lowest BCUT2D eigenvalue weighted by Crippen LogP contribution is -2.54. The van der Waals surface area contributed by atoms with Crippen LogP contribution in [0.3, 0.4) is 0 Å². The molecular formula is C23H26N4O5S. The van der Waals surface area contributed by atoms with E-state index < -0.39 is 4.92 Å². The molecule has 2 fully saturated rings. The third kappa shape index (κ3) is 5.39. The predicted octanol–water partition coefficient (Wildman–Crippen LogP) is 2.42. The number of nitrogens with zero attached hydrogens (tertiary/aromatic N) is 4. The molecule has 2 aliphatic heterocycles. The number of carbonyl (C=O) groups excluding carboxylic acids is 3. The Kier molecular flexibility index (Phi) is 7.02. The summed E-state index contributed by atoms with van der Waals surface area (Å²) in [5.74, 6) is -0.388. The summed E-state index contributed by atoms with van der Waals surface area (Å²) >= 11 is 0.868. The average Bonchev–Trinajstić information content (AvgIpc) is 3.35. The Morgan fingerprint density at radius 2 is 1.64 bits per heavy atom. The van der Waals surface area contributed by atoms with E-state index in [1.165, 1.54) is 12.1 Å². The summed E-state index contributed by atoms with van der Waals surface area (Å²) in [6.45, 7) is 2.73. The van der Waals surface area contributed by atoms with Crippen LogP contribution in [0, 0.1) is 16.0 Å². The topological polar surface area (TPSA) is 104 Å². The van der Waals surface area contributed by atoms with Gasteiger partial charge in [0.1, 0.15) is 0 Å². The second-order valence-electron chi connectivity index (χ2n) is 8.35. The Hall–Kier alpha value is -3.27. The zero-order valence-electron chi connectivity index (χ0n) is 18.2. The molecule has 2 aromatic rings. The van der Waals surface area contributed by atoms with Gasteiger partial charge in [-0.15, -0.1) is 0 Å². The second kappa shape index (κ2) is 10.1. The van der Waals surface area contributed by atoms with E-state index in [-0.39, 0.29) is 28.6 Å². The van der Waals surface area contributed by atoms with E-state index in [2.05, 4.69) is 0 Å². The zero-order valence-corrected chi connectivity index (χ0v) is 19.0. The molecule has 0 N–H and O–H groups in total. The molecule has 1 unspecified atom stereocenters. The number of likely N-dealkylation sites (tertiary alicyclic amines) is 1. The highest BCUT2D eigenvalue weighted by Crippen LogP contribution is 2.26. The van der Waals surface area contributed by atoms with Crippen molar-refractivity contribution < 1.29 is 19.3 Å². The number of thiophene rings is 1. The van der Waals surface area contributed by atoms with Crippen molar-refractivity contribution in [1.82, 2.24) is 14.7 Å². The van der Waals surface area contributed by atoms with Crippen LogP contribution in [0.5, 0.6) is 0 Å². The molecule has 3 heterocycles. The Morgan fingerprint density at radius 1 is 0.939 bits per heavy atom. The maximum absolute atomic E-state index is 13.1. The second-order valence-corrected chi connectivity index (χ2v) is 9.42. The molecule has 33 heavy (non-hydrogen) atoms. The van der Waals surface area contributed by atoms with Gasteiger partial charge in [-0.2, -0.15) is 0 Å². The summed E-state index contributed by atoms with van der Waals surface area (Å²) in [7, 11) is 0. The van der Waals surface area contributed by atoms with Crippen molar-refractivity contribution >= 4 is 34.1 Å². The van der Waals surface area contributed by atoms with Crippen LogP contribution in [0.25, 0.3) is 0 Å². The first-order chi connectivity index (χ1) is 15.9. The van der Waals surface area contributed by atoms with E-state index in [0.717, 1.165) is 29.7 Å². The highest BCUT2D eigenvalue weighted by Gasteiger charge is 2.33. The smallest absolute Gasteiger partial charge is 0.324 e. The van der Waals surface area contributed by atoms with E-state index in [1.807, 2.05) is 30.3 Å². The lowest BCUT2D eigenvalue weighted by molar-refractivity contribution is -0.380. The number of rotatable bonds is 5. The zero-order chi connectivity index (χ0) is 23.4. The Morgan fingerprint density at radius 3 is 2.30 bits per heavy atom. The van der Waals surface area contributed by atoms with Gasteiger partial charge >= 0.3 is 5.00 Å². The maximum Gasteiger partial charge on any atom is 0.324 e. The molecule has 4 rings (SSSR count). The van der Waals surface area contributed by atoms with Crippen molar-refractivity contribution in [1.29, 1.82) is 0 Å². The molecule has 0 spiro atoms. The quantitative estimate of drug-likeness (QED) is 0.493. The fourth-order valence-corrected chi connectivity index (χ4v) is 5.16. The summed E-state index contributed by atoms with van der Waals surface area (Å²) < 4.78 is 0. The average molecular weight is 471 g/mol. The molecule has 2 saturated heterocycles. The van der Waals surface area contributed by atoms with E-state index >= 15 is 0 Å². The molecule has 0 bridgehead atoms. The van der Waals surface area contributed by atoms with Gasteiger partial charge < -0.3 is 14.7 Å². The minimum atomic E-state index is -0.504. The fourth-order valence-electron chi connectivity index (χ4n) is 4.37. The molecular weight excluding hydrogens is 444 g/mol. The number of piperazine rings is 1. The Labute approximate surface area is 195 Å². The van der Waals surface area contributed by atoms with Crippen LogP contribution < -0.4 is 0 Å². The monoisotopic (exact) mass is 470 g/mol. The molecule has 2 aliphatic rings. The molecule has 0 saturated carbocycles. The molecule has 1 atom stereocenters. The lowest BCUT2D eigenvalue weighted by atomic mass is 9.95. The van der Waals surface area contributed by atoms with Crippen molar-refractivity contribution in [2.45, 2.75) is 19.3 Å². The van der Waals surface area contributed by atoms with Crippen LogP contribution in [0.15, 0.2) is 42.5 Å². The van der Waals surface area contributed by atoms with Gasteiger partial charge in [0.25, 0.3) is 5.91 Å². The normalized spacial score (nSPS) is 18.8. The summed E-state index contributed by atoms with van der Waals surface area (Å²) in [5.41, 5.74) is 0.966. The number of carbonyl (C=O) groups is 3. The summed E-state index contributed by atoms with van der Waals surface area (Å²) in [4.78, 5) is 54.4. The number of hydrogen-bond donors (Lipinski definition) is 0. The highest BCUT2D eigenvalue weighted by atomic mass is 32.1. The first-order valence-corrected chi connectivity index (χ1v) is 11.9. The van der Waals surface area contributed by atoms with Crippen molar-refractivity contribution in [3.63, 3.8) is 0 Å². The van der Waals surface area contributed by atoms with E-state index in [9.17, 15) is 24.5 Å². The van der Waals surface area contributed by atoms with Gasteiger partial charge in [0.15, 0.2) is 0 Å². The van der Waals surface area contributed by atoms with E-state index in [4.69, 9.17) is 0 Å². The molecule has 0 aliphatic carbocycles.